The molecule has 66 valence electrons. The van der Waals surface area contributed by atoms with Gasteiger partial charge in [0.25, 0.3) is 0 Å². The second-order valence-corrected chi connectivity index (χ2v) is 4.05. The van der Waals surface area contributed by atoms with Crippen LogP contribution >= 0.6 is 45.8 Å². The van der Waals surface area contributed by atoms with Gasteiger partial charge in [-0.1, -0.05) is 11.6 Å². The van der Waals surface area contributed by atoms with Crippen molar-refractivity contribution in [3.63, 3.8) is 0 Å². The number of benzene rings is 1. The number of methoxy groups -OCH3 is 1. The van der Waals surface area contributed by atoms with Crippen LogP contribution in [-0.2, 0) is 5.88 Å². The number of hydrogen-bond acceptors (Lipinski definition) is 1. The fourth-order valence-corrected chi connectivity index (χ4v) is 2.36. The van der Waals surface area contributed by atoms with E-state index in [1.807, 2.05) is 12.1 Å². The van der Waals surface area contributed by atoms with E-state index in [-0.39, 0.29) is 0 Å². The Balaban J connectivity index is 3.18. The average molecular weight is 317 g/mol. The Kier molecular flexibility index (Phi) is 3.93. The van der Waals surface area contributed by atoms with Gasteiger partial charge in [0.1, 0.15) is 5.75 Å². The van der Waals surface area contributed by atoms with Crippen molar-refractivity contribution in [2.45, 2.75) is 5.88 Å². The van der Waals surface area contributed by atoms with Crippen molar-refractivity contribution in [2.75, 3.05) is 7.11 Å². The van der Waals surface area contributed by atoms with E-state index in [4.69, 9.17) is 27.9 Å². The van der Waals surface area contributed by atoms with Crippen LogP contribution in [0.1, 0.15) is 5.56 Å². The summed E-state index contributed by atoms with van der Waals surface area (Å²) in [5, 5.41) is 0.621. The summed E-state index contributed by atoms with van der Waals surface area (Å²) in [4.78, 5) is 0. The topological polar surface area (TPSA) is 9.23 Å². The Morgan fingerprint density at radius 3 is 2.67 bits per heavy atom. The Hall–Kier alpha value is 0.330. The first kappa shape index (κ1) is 10.4. The summed E-state index contributed by atoms with van der Waals surface area (Å²) in [5.74, 6) is 1.15. The number of hydrogen-bond donors (Lipinski definition) is 0. The Morgan fingerprint density at radius 1 is 1.50 bits per heavy atom. The number of alkyl halides is 1. The van der Waals surface area contributed by atoms with Crippen LogP contribution in [0.5, 0.6) is 5.75 Å². The first-order valence-corrected chi connectivity index (χ1v) is 5.26. The van der Waals surface area contributed by atoms with Crippen LogP contribution in [0.2, 0.25) is 5.02 Å². The van der Waals surface area contributed by atoms with Gasteiger partial charge < -0.3 is 4.74 Å². The van der Waals surface area contributed by atoms with Crippen molar-refractivity contribution < 1.29 is 4.74 Å². The molecule has 0 aliphatic carbocycles. The second-order valence-electron chi connectivity index (χ2n) is 2.21. The van der Waals surface area contributed by atoms with E-state index in [0.29, 0.717) is 16.7 Å². The van der Waals surface area contributed by atoms with Crippen molar-refractivity contribution in [3.05, 3.63) is 26.3 Å². The minimum absolute atomic E-state index is 0.478. The molecular weight excluding hydrogens is 310 g/mol. The molecule has 0 heterocycles. The lowest BCUT2D eigenvalue weighted by atomic mass is 10.2. The first-order valence-electron chi connectivity index (χ1n) is 3.27. The van der Waals surface area contributed by atoms with Gasteiger partial charge in [0.05, 0.1) is 12.1 Å². The fourth-order valence-electron chi connectivity index (χ4n) is 0.830. The molecule has 1 rings (SSSR count). The van der Waals surface area contributed by atoms with Crippen molar-refractivity contribution >= 4 is 45.8 Å². The molecule has 0 N–H and O–H groups in total. The van der Waals surface area contributed by atoms with Crippen LogP contribution in [0.3, 0.4) is 0 Å². The highest BCUT2D eigenvalue weighted by molar-refractivity contribution is 14.1. The van der Waals surface area contributed by atoms with Gasteiger partial charge in [-0.15, -0.1) is 11.6 Å². The quantitative estimate of drug-likeness (QED) is 0.597. The molecule has 1 aromatic carbocycles. The van der Waals surface area contributed by atoms with Gasteiger partial charge in [0.2, 0.25) is 0 Å². The average Bonchev–Trinajstić information content (AvgIpc) is 2.05. The minimum Gasteiger partial charge on any atom is -0.495 e. The van der Waals surface area contributed by atoms with Crippen molar-refractivity contribution in [1.82, 2.24) is 0 Å². The maximum absolute atomic E-state index is 5.89. The van der Waals surface area contributed by atoms with Gasteiger partial charge in [0.15, 0.2) is 0 Å². The second kappa shape index (κ2) is 4.53. The van der Waals surface area contributed by atoms with Gasteiger partial charge in [-0.3, -0.25) is 0 Å². The molecule has 0 radical (unpaired) electrons. The van der Waals surface area contributed by atoms with Gasteiger partial charge in [0, 0.05) is 9.45 Å². The summed E-state index contributed by atoms with van der Waals surface area (Å²) in [6.45, 7) is 0. The van der Waals surface area contributed by atoms with Crippen LogP contribution in [0.15, 0.2) is 12.1 Å². The summed E-state index contributed by atoms with van der Waals surface area (Å²) >= 11 is 13.8. The maximum atomic E-state index is 5.89. The molecule has 0 saturated heterocycles. The molecule has 0 spiro atoms. The monoisotopic (exact) mass is 316 g/mol. The van der Waals surface area contributed by atoms with Gasteiger partial charge in [-0.05, 0) is 40.3 Å². The van der Waals surface area contributed by atoms with E-state index in [1.54, 1.807) is 7.11 Å². The van der Waals surface area contributed by atoms with E-state index in [0.717, 1.165) is 9.13 Å². The third-order valence-corrected chi connectivity index (χ3v) is 3.05. The molecule has 0 unspecified atom stereocenters. The number of rotatable bonds is 2. The van der Waals surface area contributed by atoms with E-state index < -0.39 is 0 Å². The van der Waals surface area contributed by atoms with Crippen LogP contribution in [0.4, 0.5) is 0 Å². The summed E-state index contributed by atoms with van der Waals surface area (Å²) < 4.78 is 6.11. The fraction of sp³-hybridized carbons (Fsp3) is 0.250. The Morgan fingerprint density at radius 2 is 2.17 bits per heavy atom. The molecule has 0 saturated carbocycles. The molecule has 0 atom stereocenters. The molecule has 12 heavy (non-hydrogen) atoms. The highest BCUT2D eigenvalue weighted by Crippen LogP contribution is 2.29. The Bertz CT molecular complexity index is 263. The molecule has 0 aromatic heterocycles. The lowest BCUT2D eigenvalue weighted by Crippen LogP contribution is -1.89. The lowest BCUT2D eigenvalue weighted by Gasteiger charge is -2.06. The standard InChI is InChI=1S/C8H7Cl2IO/c1-12-8-2-5(4-9)7(11)3-6(8)10/h2-3H,4H2,1H3. The third kappa shape index (κ3) is 2.18. The molecule has 4 heteroatoms. The molecule has 0 aliphatic heterocycles. The van der Waals surface area contributed by atoms with Crippen molar-refractivity contribution in [3.8, 4) is 5.75 Å². The van der Waals surface area contributed by atoms with Crippen LogP contribution < -0.4 is 4.74 Å². The molecular formula is C8H7Cl2IO. The molecule has 1 nitrogen and oxygen atoms in total. The molecule has 0 amide bonds. The molecule has 0 bridgehead atoms. The maximum Gasteiger partial charge on any atom is 0.137 e. The van der Waals surface area contributed by atoms with Crippen molar-refractivity contribution in [2.24, 2.45) is 0 Å². The summed E-state index contributed by atoms with van der Waals surface area (Å²) in [5.41, 5.74) is 1.04. The van der Waals surface area contributed by atoms with Crippen LogP contribution in [0, 0.1) is 3.57 Å². The molecule has 0 fully saturated rings. The van der Waals surface area contributed by atoms with E-state index in [9.17, 15) is 0 Å². The minimum atomic E-state index is 0.478. The zero-order chi connectivity index (χ0) is 9.14. The predicted molar refractivity (Wildman–Crippen MR) is 60.3 cm³/mol. The third-order valence-electron chi connectivity index (χ3n) is 1.46. The Labute approximate surface area is 95.1 Å². The zero-order valence-electron chi connectivity index (χ0n) is 6.40. The van der Waals surface area contributed by atoms with Crippen molar-refractivity contribution in [1.29, 1.82) is 0 Å². The van der Waals surface area contributed by atoms with Crippen LogP contribution in [-0.4, -0.2) is 7.11 Å². The van der Waals surface area contributed by atoms with Gasteiger partial charge in [-0.2, -0.15) is 0 Å². The highest BCUT2D eigenvalue weighted by atomic mass is 127. The van der Waals surface area contributed by atoms with Gasteiger partial charge in [-0.25, -0.2) is 0 Å². The largest absolute Gasteiger partial charge is 0.495 e. The zero-order valence-corrected chi connectivity index (χ0v) is 10.1. The van der Waals surface area contributed by atoms with E-state index in [2.05, 4.69) is 22.6 Å². The molecule has 0 aliphatic rings. The van der Waals surface area contributed by atoms with Gasteiger partial charge >= 0.3 is 0 Å². The summed E-state index contributed by atoms with van der Waals surface area (Å²) in [6, 6.07) is 3.70. The predicted octanol–water partition coefficient (Wildman–Crippen LogP) is 3.69. The lowest BCUT2D eigenvalue weighted by molar-refractivity contribution is 0.414. The summed E-state index contributed by atoms with van der Waals surface area (Å²) in [7, 11) is 1.59. The van der Waals surface area contributed by atoms with E-state index >= 15 is 0 Å². The molecule has 1 aromatic rings. The number of ether oxygens (including phenoxy) is 1. The highest BCUT2D eigenvalue weighted by Gasteiger charge is 2.05. The summed E-state index contributed by atoms with van der Waals surface area (Å²) in [6.07, 6.45) is 0. The SMILES string of the molecule is COc1cc(CCl)c(I)cc1Cl. The first-order chi connectivity index (χ1) is 5.69. The normalized spacial score (nSPS) is 10.0. The van der Waals surface area contributed by atoms with E-state index in [1.165, 1.54) is 0 Å². The number of halogens is 3. The smallest absolute Gasteiger partial charge is 0.137 e. The van der Waals surface area contributed by atoms with Crippen LogP contribution in [0.25, 0.3) is 0 Å².